The van der Waals surface area contributed by atoms with Gasteiger partial charge in [-0.15, -0.1) is 0 Å². The molecule has 0 bridgehead atoms. The second-order valence-corrected chi connectivity index (χ2v) is 12.1. The summed E-state index contributed by atoms with van der Waals surface area (Å²) in [5, 5.41) is 11.2. The maximum absolute atomic E-state index is 14.0. The average Bonchev–Trinajstić information content (AvgIpc) is 3.49. The molecule has 3 aromatic rings. The van der Waals surface area contributed by atoms with Gasteiger partial charge in [0.05, 0.1) is 17.9 Å². The number of amides is 2. The molecule has 8 heteroatoms. The Balaban J connectivity index is 1.31. The highest BCUT2D eigenvalue weighted by Gasteiger charge is 2.54. The second kappa shape index (κ2) is 10.8. The summed E-state index contributed by atoms with van der Waals surface area (Å²) in [6, 6.07) is 11.7. The van der Waals surface area contributed by atoms with Gasteiger partial charge in [-0.2, -0.15) is 5.10 Å². The van der Waals surface area contributed by atoms with Crippen LogP contribution in [0.25, 0.3) is 10.9 Å². The maximum atomic E-state index is 14.0. The second-order valence-electron chi connectivity index (χ2n) is 12.1. The highest BCUT2D eigenvalue weighted by molar-refractivity contribution is 5.96. The van der Waals surface area contributed by atoms with Crippen LogP contribution < -0.4 is 5.32 Å². The Morgan fingerprint density at radius 1 is 1.11 bits per heavy atom. The van der Waals surface area contributed by atoms with Gasteiger partial charge in [-0.3, -0.25) is 19.6 Å². The zero-order chi connectivity index (χ0) is 26.9. The molecule has 2 amide bonds. The van der Waals surface area contributed by atoms with E-state index in [9.17, 15) is 9.59 Å². The molecular weight excluding hydrogens is 476 g/mol. The largest absolute Gasteiger partial charge is 0.351 e. The quantitative estimate of drug-likeness (QED) is 0.439. The smallest absolute Gasteiger partial charge is 0.272 e. The Kier molecular flexibility index (Phi) is 7.52. The van der Waals surface area contributed by atoms with Crippen LogP contribution in [0.2, 0.25) is 0 Å². The molecule has 2 fully saturated rings. The predicted octanol–water partition coefficient (Wildman–Crippen LogP) is 4.42. The minimum Gasteiger partial charge on any atom is -0.351 e. The molecule has 5 rings (SSSR count). The van der Waals surface area contributed by atoms with Gasteiger partial charge in [0.1, 0.15) is 11.7 Å². The van der Waals surface area contributed by atoms with Gasteiger partial charge in [-0.25, -0.2) is 4.98 Å². The van der Waals surface area contributed by atoms with Gasteiger partial charge in [0.25, 0.3) is 5.91 Å². The number of nitrogens with zero attached hydrogens (tertiary/aromatic N) is 4. The van der Waals surface area contributed by atoms with Gasteiger partial charge in [0.15, 0.2) is 0 Å². The molecule has 1 spiro atoms. The van der Waals surface area contributed by atoms with Gasteiger partial charge in [-0.1, -0.05) is 64.4 Å². The molecule has 2 N–H and O–H groups in total. The van der Waals surface area contributed by atoms with Crippen LogP contribution in [0.5, 0.6) is 0 Å². The van der Waals surface area contributed by atoms with Gasteiger partial charge in [-0.05, 0) is 36.3 Å². The summed E-state index contributed by atoms with van der Waals surface area (Å²) in [6.07, 6.45) is 6.40. The topological polar surface area (TPSA) is 94.2 Å². The minimum absolute atomic E-state index is 0.0575. The molecule has 202 valence electrons. The van der Waals surface area contributed by atoms with Crippen molar-refractivity contribution in [2.24, 2.45) is 17.3 Å². The van der Waals surface area contributed by atoms with Crippen molar-refractivity contribution in [3.8, 4) is 0 Å². The molecule has 1 saturated carbocycles. The standard InChI is InChI=1S/C30H40N6O2/c1-20(2)16-35(17-21(3)4)27(22-9-6-5-7-10-22)28(37)33-26-11-8-12-30(26)18-36(19-30)29(38)24-13-23-14-32-34-25(23)15-31-24/h5-7,9-10,13-15,20-21,26-27H,8,11-12,16-19H2,1-4H3,(H,32,34)(H,33,37). The molecule has 38 heavy (non-hydrogen) atoms. The molecule has 1 aliphatic heterocycles. The van der Waals surface area contributed by atoms with Crippen LogP contribution in [-0.4, -0.2) is 69.0 Å². The van der Waals surface area contributed by atoms with E-state index in [0.717, 1.165) is 48.8 Å². The number of nitrogens with one attached hydrogen (secondary N) is 2. The lowest BCUT2D eigenvalue weighted by Crippen LogP contribution is -2.65. The Morgan fingerprint density at radius 2 is 1.82 bits per heavy atom. The summed E-state index contributed by atoms with van der Waals surface area (Å²) in [4.78, 5) is 35.8. The molecule has 8 nitrogen and oxygen atoms in total. The number of aromatic amines is 1. The minimum atomic E-state index is -0.331. The third-order valence-electron chi connectivity index (χ3n) is 7.99. The van der Waals surface area contributed by atoms with Crippen molar-refractivity contribution in [3.63, 3.8) is 0 Å². The van der Waals surface area contributed by atoms with E-state index in [-0.39, 0.29) is 29.3 Å². The zero-order valence-corrected chi connectivity index (χ0v) is 23.0. The number of hydrogen-bond donors (Lipinski definition) is 2. The van der Waals surface area contributed by atoms with Crippen LogP contribution in [-0.2, 0) is 4.79 Å². The van der Waals surface area contributed by atoms with E-state index < -0.39 is 0 Å². The predicted molar refractivity (Wildman–Crippen MR) is 148 cm³/mol. The molecule has 1 aromatic carbocycles. The number of likely N-dealkylation sites (tertiary alicyclic amines) is 1. The SMILES string of the molecule is CC(C)CN(CC(C)C)C(C(=O)NC1CCCC12CN(C(=O)c1cc3cn[nH]c3cn1)C2)c1ccccc1. The fourth-order valence-corrected chi connectivity index (χ4v) is 6.36. The molecule has 1 aliphatic carbocycles. The highest BCUT2D eigenvalue weighted by Crippen LogP contribution is 2.46. The van der Waals surface area contributed by atoms with Crippen LogP contribution in [0.15, 0.2) is 48.8 Å². The summed E-state index contributed by atoms with van der Waals surface area (Å²) >= 11 is 0. The lowest BCUT2D eigenvalue weighted by molar-refractivity contribution is -0.129. The van der Waals surface area contributed by atoms with E-state index in [1.165, 1.54) is 0 Å². The lowest BCUT2D eigenvalue weighted by Gasteiger charge is -2.51. The molecule has 3 heterocycles. The Hall–Kier alpha value is -3.26. The normalized spacial score (nSPS) is 19.4. The Bertz CT molecular complexity index is 1250. The molecule has 2 unspecified atom stereocenters. The van der Waals surface area contributed by atoms with Crippen LogP contribution in [0.3, 0.4) is 0 Å². The van der Waals surface area contributed by atoms with Gasteiger partial charge >= 0.3 is 0 Å². The van der Waals surface area contributed by atoms with Crippen LogP contribution >= 0.6 is 0 Å². The fraction of sp³-hybridized carbons (Fsp3) is 0.533. The van der Waals surface area contributed by atoms with Crippen LogP contribution in [0.1, 0.15) is 69.1 Å². The number of hydrogen-bond acceptors (Lipinski definition) is 5. The summed E-state index contributed by atoms with van der Waals surface area (Å²) in [6.45, 7) is 11.8. The first kappa shape index (κ1) is 26.4. The first-order valence-corrected chi connectivity index (χ1v) is 13.9. The molecule has 2 aliphatic rings. The molecule has 2 aromatic heterocycles. The van der Waals surface area contributed by atoms with Crippen molar-refractivity contribution >= 4 is 22.7 Å². The van der Waals surface area contributed by atoms with Crippen molar-refractivity contribution in [1.29, 1.82) is 0 Å². The van der Waals surface area contributed by atoms with Crippen molar-refractivity contribution in [2.45, 2.75) is 59.0 Å². The summed E-state index contributed by atoms with van der Waals surface area (Å²) in [5.74, 6) is 0.914. The van der Waals surface area contributed by atoms with Crippen molar-refractivity contribution in [3.05, 3.63) is 60.0 Å². The number of pyridine rings is 1. The van der Waals surface area contributed by atoms with E-state index in [0.29, 0.717) is 30.6 Å². The number of fused-ring (bicyclic) bond motifs is 1. The fourth-order valence-electron chi connectivity index (χ4n) is 6.36. The summed E-state index contributed by atoms with van der Waals surface area (Å²) in [5.41, 5.74) is 2.23. The van der Waals surface area contributed by atoms with Crippen molar-refractivity contribution < 1.29 is 9.59 Å². The third kappa shape index (κ3) is 5.32. The van der Waals surface area contributed by atoms with E-state index in [1.54, 1.807) is 18.5 Å². The van der Waals surface area contributed by atoms with Gasteiger partial charge in [0.2, 0.25) is 5.91 Å². The van der Waals surface area contributed by atoms with E-state index in [4.69, 9.17) is 0 Å². The third-order valence-corrected chi connectivity index (χ3v) is 7.99. The van der Waals surface area contributed by atoms with E-state index in [1.807, 2.05) is 23.1 Å². The monoisotopic (exact) mass is 516 g/mol. The molecule has 1 saturated heterocycles. The van der Waals surface area contributed by atoms with Crippen molar-refractivity contribution in [2.75, 3.05) is 26.2 Å². The number of H-pyrrole nitrogens is 1. The number of carbonyl (C=O) groups excluding carboxylic acids is 2. The summed E-state index contributed by atoms with van der Waals surface area (Å²) < 4.78 is 0. The Labute approximate surface area is 225 Å². The van der Waals surface area contributed by atoms with Crippen LogP contribution in [0, 0.1) is 17.3 Å². The average molecular weight is 517 g/mol. The Morgan fingerprint density at radius 3 is 2.50 bits per heavy atom. The number of benzene rings is 1. The number of aromatic nitrogens is 3. The molecule has 2 atom stereocenters. The molecule has 0 radical (unpaired) electrons. The lowest BCUT2D eigenvalue weighted by atomic mass is 9.74. The van der Waals surface area contributed by atoms with Gasteiger partial charge < -0.3 is 10.2 Å². The maximum Gasteiger partial charge on any atom is 0.272 e. The summed E-state index contributed by atoms with van der Waals surface area (Å²) in [7, 11) is 0. The first-order chi connectivity index (χ1) is 18.3. The zero-order valence-electron chi connectivity index (χ0n) is 23.0. The highest BCUT2D eigenvalue weighted by atomic mass is 16.2. The number of rotatable bonds is 9. The molecular formula is C30H40N6O2. The van der Waals surface area contributed by atoms with E-state index >= 15 is 0 Å². The van der Waals surface area contributed by atoms with Gasteiger partial charge in [0, 0.05) is 43.0 Å². The van der Waals surface area contributed by atoms with E-state index in [2.05, 4.69) is 65.2 Å². The van der Waals surface area contributed by atoms with Crippen molar-refractivity contribution in [1.82, 2.24) is 30.3 Å². The van der Waals surface area contributed by atoms with Crippen LogP contribution in [0.4, 0.5) is 0 Å². The first-order valence-electron chi connectivity index (χ1n) is 13.9. The number of carbonyl (C=O) groups is 2.